The maximum Gasteiger partial charge on any atom is 0.337 e. The van der Waals surface area contributed by atoms with E-state index in [0.717, 1.165) is 6.92 Å². The monoisotopic (exact) mass is 360 g/mol. The molecule has 0 saturated carbocycles. The van der Waals surface area contributed by atoms with Crippen LogP contribution in [0.3, 0.4) is 0 Å². The fraction of sp³-hybridized carbons (Fsp3) is 0.765. The molecule has 0 radical (unpaired) electrons. The highest BCUT2D eigenvalue weighted by Crippen LogP contribution is 2.47. The second-order valence-electron chi connectivity index (χ2n) is 6.01. The first kappa shape index (κ1) is 23.0. The highest BCUT2D eigenvalue weighted by Gasteiger charge is 2.63. The standard InChI is InChI=1S/C17H28O8/c1-5-8-16(9-6-2,15(23)25-12(4)18)17(14(21)22,11-13(19)20)24-10-7-3/h5-11H2,1-4H3,(H,19,20)(H,21,22). The van der Waals surface area contributed by atoms with Gasteiger partial charge in [0.05, 0.1) is 6.42 Å². The van der Waals surface area contributed by atoms with E-state index in [4.69, 9.17) is 9.47 Å². The van der Waals surface area contributed by atoms with Gasteiger partial charge in [-0.15, -0.1) is 0 Å². The van der Waals surface area contributed by atoms with Crippen molar-refractivity contribution >= 4 is 23.9 Å². The number of esters is 2. The zero-order valence-corrected chi connectivity index (χ0v) is 15.3. The van der Waals surface area contributed by atoms with E-state index in [1.807, 2.05) is 0 Å². The number of carbonyl (C=O) groups is 4. The fourth-order valence-corrected chi connectivity index (χ4v) is 3.17. The molecule has 8 heteroatoms. The van der Waals surface area contributed by atoms with Gasteiger partial charge in [-0.3, -0.25) is 14.4 Å². The Hall–Kier alpha value is -1.96. The van der Waals surface area contributed by atoms with E-state index in [0.29, 0.717) is 19.3 Å². The van der Waals surface area contributed by atoms with Crippen LogP contribution >= 0.6 is 0 Å². The molecule has 0 fully saturated rings. The summed E-state index contributed by atoms with van der Waals surface area (Å²) in [6.07, 6.45) is 0.348. The molecule has 0 aromatic rings. The summed E-state index contributed by atoms with van der Waals surface area (Å²) in [5.41, 5.74) is -4.09. The lowest BCUT2D eigenvalue weighted by Crippen LogP contribution is -2.61. The molecule has 0 aromatic heterocycles. The summed E-state index contributed by atoms with van der Waals surface area (Å²) in [5, 5.41) is 19.2. The van der Waals surface area contributed by atoms with Gasteiger partial charge in [0.25, 0.3) is 0 Å². The Morgan fingerprint density at radius 3 is 1.76 bits per heavy atom. The number of hydrogen-bond acceptors (Lipinski definition) is 6. The van der Waals surface area contributed by atoms with Crippen molar-refractivity contribution in [1.82, 2.24) is 0 Å². The number of carbonyl (C=O) groups excluding carboxylic acids is 2. The van der Waals surface area contributed by atoms with Gasteiger partial charge in [0.15, 0.2) is 5.60 Å². The third-order valence-corrected chi connectivity index (χ3v) is 4.05. The maximum atomic E-state index is 12.8. The van der Waals surface area contributed by atoms with Gasteiger partial charge in [0.2, 0.25) is 0 Å². The van der Waals surface area contributed by atoms with Gasteiger partial charge in [-0.05, 0) is 19.3 Å². The van der Waals surface area contributed by atoms with Crippen LogP contribution in [-0.2, 0) is 28.7 Å². The Morgan fingerprint density at radius 1 is 0.920 bits per heavy atom. The van der Waals surface area contributed by atoms with Gasteiger partial charge in [0, 0.05) is 13.5 Å². The minimum atomic E-state index is -2.31. The van der Waals surface area contributed by atoms with Gasteiger partial charge >= 0.3 is 23.9 Å². The normalized spacial score (nSPS) is 13.8. The summed E-state index contributed by atoms with van der Waals surface area (Å²) in [5.74, 6) is -4.90. The molecule has 0 amide bonds. The van der Waals surface area contributed by atoms with E-state index in [-0.39, 0.29) is 19.4 Å². The number of carboxylic acid groups (broad SMARTS) is 2. The van der Waals surface area contributed by atoms with Gasteiger partial charge in [-0.25, -0.2) is 4.79 Å². The molecular weight excluding hydrogens is 332 g/mol. The quantitative estimate of drug-likeness (QED) is 0.401. The molecule has 0 bridgehead atoms. The predicted octanol–water partition coefficient (Wildman–Crippen LogP) is 2.39. The van der Waals surface area contributed by atoms with E-state index in [9.17, 15) is 29.4 Å². The van der Waals surface area contributed by atoms with Gasteiger partial charge in [0.1, 0.15) is 5.41 Å². The van der Waals surface area contributed by atoms with Crippen LogP contribution in [0.4, 0.5) is 0 Å². The lowest BCUT2D eigenvalue weighted by atomic mass is 9.64. The molecule has 0 heterocycles. The lowest BCUT2D eigenvalue weighted by Gasteiger charge is -2.44. The van der Waals surface area contributed by atoms with Crippen molar-refractivity contribution in [2.24, 2.45) is 5.41 Å². The average molecular weight is 360 g/mol. The smallest absolute Gasteiger partial charge is 0.337 e. The summed E-state index contributed by atoms with van der Waals surface area (Å²) >= 11 is 0. The number of aliphatic carboxylic acids is 2. The molecule has 0 aliphatic heterocycles. The number of ether oxygens (including phenoxy) is 2. The topological polar surface area (TPSA) is 127 Å². The van der Waals surface area contributed by atoms with Crippen LogP contribution in [0.2, 0.25) is 0 Å². The van der Waals surface area contributed by atoms with Gasteiger partial charge in [-0.1, -0.05) is 33.6 Å². The Bertz CT molecular complexity index is 493. The fourth-order valence-electron chi connectivity index (χ4n) is 3.17. The molecule has 0 saturated heterocycles. The molecule has 1 unspecified atom stereocenters. The van der Waals surface area contributed by atoms with Crippen molar-refractivity contribution in [3.8, 4) is 0 Å². The summed E-state index contributed by atoms with van der Waals surface area (Å²) in [7, 11) is 0. The molecule has 0 aromatic carbocycles. The van der Waals surface area contributed by atoms with Crippen LogP contribution in [0, 0.1) is 5.41 Å². The van der Waals surface area contributed by atoms with Gasteiger partial charge < -0.3 is 19.7 Å². The maximum absolute atomic E-state index is 12.8. The number of carboxylic acids is 2. The first-order valence-corrected chi connectivity index (χ1v) is 8.45. The summed E-state index contributed by atoms with van der Waals surface area (Å²) in [6.45, 7) is 6.20. The van der Waals surface area contributed by atoms with E-state index >= 15 is 0 Å². The van der Waals surface area contributed by atoms with E-state index in [1.54, 1.807) is 20.8 Å². The van der Waals surface area contributed by atoms with Crippen molar-refractivity contribution in [2.75, 3.05) is 6.61 Å². The molecule has 25 heavy (non-hydrogen) atoms. The van der Waals surface area contributed by atoms with Crippen LogP contribution in [-0.4, -0.2) is 46.3 Å². The summed E-state index contributed by atoms with van der Waals surface area (Å²) in [4.78, 5) is 47.7. The molecule has 8 nitrogen and oxygen atoms in total. The second kappa shape index (κ2) is 10.1. The zero-order chi connectivity index (χ0) is 19.7. The Labute approximate surface area is 147 Å². The molecule has 0 aliphatic rings. The van der Waals surface area contributed by atoms with Crippen molar-refractivity contribution in [2.45, 2.75) is 71.8 Å². The van der Waals surface area contributed by atoms with E-state index in [1.165, 1.54) is 0 Å². The number of rotatable bonds is 12. The predicted molar refractivity (Wildman–Crippen MR) is 87.9 cm³/mol. The van der Waals surface area contributed by atoms with Crippen LogP contribution < -0.4 is 0 Å². The molecule has 0 aliphatic carbocycles. The summed E-state index contributed by atoms with van der Waals surface area (Å²) < 4.78 is 10.3. The van der Waals surface area contributed by atoms with Gasteiger partial charge in [-0.2, -0.15) is 0 Å². The average Bonchev–Trinajstić information content (AvgIpc) is 2.49. The van der Waals surface area contributed by atoms with Crippen molar-refractivity contribution in [1.29, 1.82) is 0 Å². The van der Waals surface area contributed by atoms with Crippen molar-refractivity contribution in [3.05, 3.63) is 0 Å². The first-order valence-electron chi connectivity index (χ1n) is 8.45. The summed E-state index contributed by atoms with van der Waals surface area (Å²) in [6, 6.07) is 0. The molecule has 2 N–H and O–H groups in total. The van der Waals surface area contributed by atoms with Crippen LogP contribution in [0.25, 0.3) is 0 Å². The third kappa shape index (κ3) is 5.26. The van der Waals surface area contributed by atoms with Crippen LogP contribution in [0.15, 0.2) is 0 Å². The minimum absolute atomic E-state index is 0.0241. The highest BCUT2D eigenvalue weighted by atomic mass is 16.6. The zero-order valence-electron chi connectivity index (χ0n) is 15.3. The Balaban J connectivity index is 6.53. The molecular formula is C17H28O8. The largest absolute Gasteiger partial charge is 0.481 e. The Morgan fingerprint density at radius 2 is 1.44 bits per heavy atom. The minimum Gasteiger partial charge on any atom is -0.481 e. The molecule has 1 atom stereocenters. The second-order valence-corrected chi connectivity index (χ2v) is 6.01. The van der Waals surface area contributed by atoms with Crippen LogP contribution in [0.5, 0.6) is 0 Å². The Kier molecular flexibility index (Phi) is 9.33. The highest BCUT2D eigenvalue weighted by molar-refractivity contribution is 5.96. The van der Waals surface area contributed by atoms with Crippen molar-refractivity contribution < 1.29 is 38.9 Å². The molecule has 0 spiro atoms. The van der Waals surface area contributed by atoms with Crippen molar-refractivity contribution in [3.63, 3.8) is 0 Å². The first-order chi connectivity index (χ1) is 11.6. The van der Waals surface area contributed by atoms with E-state index < -0.39 is 41.3 Å². The SMILES string of the molecule is CCCOC(CC(=O)O)(C(=O)O)C(CCC)(CCC)C(=O)OC(C)=O. The molecule has 144 valence electrons. The van der Waals surface area contributed by atoms with E-state index in [2.05, 4.69) is 0 Å². The lowest BCUT2D eigenvalue weighted by molar-refractivity contribution is -0.210. The number of hydrogen-bond donors (Lipinski definition) is 2. The van der Waals surface area contributed by atoms with Crippen LogP contribution in [0.1, 0.15) is 66.2 Å². The third-order valence-electron chi connectivity index (χ3n) is 4.05. The molecule has 0 rings (SSSR count).